The standard InChI is InChI=1S/C25H25Cl2N5O5S2/c26-16-4-5-17(27)18(9-16)38-13-19(33)30-20-23(35)32-21(25(36)37)15(12-39-24(20)32)11-31-8-1-3-14(10-31)22(34)29-7-2-6-28/h1,3-5,8-10,20,24H,2,6-7,11-13,28H2,(H2-,29,30,33,34,36,37)/p+1/t20-,24+/m0/s1. The molecule has 3 heterocycles. The zero-order chi connectivity index (χ0) is 28.1. The maximum absolute atomic E-state index is 13.0. The van der Waals surface area contributed by atoms with E-state index in [1.165, 1.54) is 28.4 Å². The molecular weight excluding hydrogens is 585 g/mol. The van der Waals surface area contributed by atoms with Gasteiger partial charge >= 0.3 is 5.97 Å². The molecule has 10 nitrogen and oxygen atoms in total. The smallest absolute Gasteiger partial charge is 0.352 e. The molecule has 0 bridgehead atoms. The molecule has 0 spiro atoms. The first-order chi connectivity index (χ1) is 18.7. The van der Waals surface area contributed by atoms with E-state index >= 15 is 0 Å². The molecule has 1 aromatic carbocycles. The Labute approximate surface area is 243 Å². The van der Waals surface area contributed by atoms with E-state index in [2.05, 4.69) is 10.6 Å². The molecule has 4 rings (SSSR count). The van der Waals surface area contributed by atoms with Crippen molar-refractivity contribution in [3.8, 4) is 0 Å². The molecule has 1 saturated heterocycles. The third-order valence-corrected chi connectivity index (χ3v) is 9.05. The second-order valence-electron chi connectivity index (χ2n) is 8.74. The van der Waals surface area contributed by atoms with Crippen LogP contribution in [0.15, 0.2) is 58.9 Å². The van der Waals surface area contributed by atoms with Crippen LogP contribution in [0.1, 0.15) is 16.8 Å². The fraction of sp³-hybridized carbons (Fsp3) is 0.320. The molecule has 0 aliphatic carbocycles. The summed E-state index contributed by atoms with van der Waals surface area (Å²) in [7, 11) is 0. The zero-order valence-electron chi connectivity index (χ0n) is 20.6. The van der Waals surface area contributed by atoms with Crippen molar-refractivity contribution in [3.63, 3.8) is 0 Å². The van der Waals surface area contributed by atoms with Gasteiger partial charge in [-0.05, 0) is 37.2 Å². The monoisotopic (exact) mass is 610 g/mol. The number of benzene rings is 1. The van der Waals surface area contributed by atoms with E-state index in [1.807, 2.05) is 0 Å². The topological polar surface area (TPSA) is 146 Å². The minimum Gasteiger partial charge on any atom is -0.477 e. The van der Waals surface area contributed by atoms with E-state index in [-0.39, 0.29) is 29.8 Å². The summed E-state index contributed by atoms with van der Waals surface area (Å²) < 4.78 is 1.71. The molecule has 0 unspecified atom stereocenters. The lowest BCUT2D eigenvalue weighted by Crippen LogP contribution is -2.71. The average molecular weight is 612 g/mol. The number of aliphatic carboxylic acids is 1. The number of rotatable bonds is 11. The number of carboxylic acids is 1. The van der Waals surface area contributed by atoms with E-state index in [0.717, 1.165) is 0 Å². The van der Waals surface area contributed by atoms with Crippen molar-refractivity contribution in [2.24, 2.45) is 5.73 Å². The molecule has 0 saturated carbocycles. The Bertz CT molecular complexity index is 1340. The second-order valence-corrected chi connectivity index (χ2v) is 11.7. The largest absolute Gasteiger partial charge is 0.477 e. The average Bonchev–Trinajstić information content (AvgIpc) is 2.92. The third kappa shape index (κ3) is 6.87. The number of halogens is 2. The van der Waals surface area contributed by atoms with Crippen molar-refractivity contribution in [1.82, 2.24) is 15.5 Å². The number of nitrogens with one attached hydrogen (secondary N) is 2. The number of aromatic nitrogens is 1. The van der Waals surface area contributed by atoms with Crippen molar-refractivity contribution in [1.29, 1.82) is 0 Å². The Morgan fingerprint density at radius 1 is 1.26 bits per heavy atom. The van der Waals surface area contributed by atoms with E-state index in [0.29, 0.717) is 51.3 Å². The molecule has 3 amide bonds. The molecule has 2 atom stereocenters. The Balaban J connectivity index is 1.41. The van der Waals surface area contributed by atoms with Gasteiger partial charge in [0, 0.05) is 33.9 Å². The minimum absolute atomic E-state index is 0.0148. The van der Waals surface area contributed by atoms with Gasteiger partial charge in [0.15, 0.2) is 18.9 Å². The number of pyridine rings is 1. The Hall–Kier alpha value is -2.77. The van der Waals surface area contributed by atoms with Crippen molar-refractivity contribution in [2.45, 2.75) is 29.3 Å². The van der Waals surface area contributed by atoms with Crippen molar-refractivity contribution in [2.75, 3.05) is 24.6 Å². The molecule has 206 valence electrons. The third-order valence-electron chi connectivity index (χ3n) is 5.98. The molecule has 14 heteroatoms. The summed E-state index contributed by atoms with van der Waals surface area (Å²) in [5.74, 6) is -1.99. The number of nitrogens with two attached hydrogens (primary N) is 1. The Kier molecular flexibility index (Phi) is 9.78. The summed E-state index contributed by atoms with van der Waals surface area (Å²) in [5, 5.41) is 15.9. The van der Waals surface area contributed by atoms with Crippen molar-refractivity contribution >= 4 is 70.4 Å². The maximum Gasteiger partial charge on any atom is 0.352 e. The van der Waals surface area contributed by atoms with Gasteiger partial charge in [0.1, 0.15) is 22.7 Å². The summed E-state index contributed by atoms with van der Waals surface area (Å²) >= 11 is 14.7. The quantitative estimate of drug-likeness (QED) is 0.131. The van der Waals surface area contributed by atoms with Crippen LogP contribution in [0.5, 0.6) is 0 Å². The van der Waals surface area contributed by atoms with E-state index in [9.17, 15) is 24.3 Å². The second kappa shape index (κ2) is 13.1. The lowest BCUT2D eigenvalue weighted by Gasteiger charge is -2.49. The van der Waals surface area contributed by atoms with Crippen LogP contribution in [-0.4, -0.2) is 69.7 Å². The van der Waals surface area contributed by atoms with Gasteiger partial charge in [0.25, 0.3) is 11.8 Å². The van der Waals surface area contributed by atoms with Gasteiger partial charge in [0.05, 0.1) is 10.8 Å². The molecule has 0 radical (unpaired) electrons. The summed E-state index contributed by atoms with van der Waals surface area (Å²) in [5.41, 5.74) is 6.32. The highest BCUT2D eigenvalue weighted by Gasteiger charge is 2.54. The number of carboxylic acid groups (broad SMARTS) is 1. The van der Waals surface area contributed by atoms with Gasteiger partial charge in [-0.25, -0.2) is 9.36 Å². The van der Waals surface area contributed by atoms with Gasteiger partial charge in [-0.3, -0.25) is 19.3 Å². The van der Waals surface area contributed by atoms with E-state index in [4.69, 9.17) is 28.9 Å². The summed E-state index contributed by atoms with van der Waals surface area (Å²) in [6.07, 6.45) is 4.02. The number of hydrogen-bond donors (Lipinski definition) is 4. The molecule has 39 heavy (non-hydrogen) atoms. The number of amides is 3. The predicted molar refractivity (Wildman–Crippen MR) is 150 cm³/mol. The minimum atomic E-state index is -1.23. The van der Waals surface area contributed by atoms with Crippen LogP contribution >= 0.6 is 46.7 Å². The van der Waals surface area contributed by atoms with Crippen LogP contribution in [0, 0.1) is 0 Å². The lowest BCUT2D eigenvalue weighted by molar-refractivity contribution is -0.689. The Morgan fingerprint density at radius 3 is 2.79 bits per heavy atom. The van der Waals surface area contributed by atoms with E-state index in [1.54, 1.807) is 47.3 Å². The van der Waals surface area contributed by atoms with Crippen molar-refractivity contribution in [3.05, 3.63) is 69.6 Å². The normalized spacial score (nSPS) is 18.3. The van der Waals surface area contributed by atoms with Gasteiger partial charge < -0.3 is 21.5 Å². The molecule has 5 N–H and O–H groups in total. The fourth-order valence-electron chi connectivity index (χ4n) is 4.13. The SMILES string of the molecule is NCCCNC(=O)c1ccc[n+](CC2=C(C(=O)O)N3C(=O)[C@H](NC(=O)CSc4cc(Cl)ccc4Cl)[C@H]3SC2)c1. The van der Waals surface area contributed by atoms with Gasteiger partial charge in [-0.1, -0.05) is 23.2 Å². The summed E-state index contributed by atoms with van der Waals surface area (Å²) in [6.45, 7) is 1.11. The number of nitrogens with zero attached hydrogens (tertiary/aromatic N) is 2. The summed E-state index contributed by atoms with van der Waals surface area (Å²) in [4.78, 5) is 52.0. The zero-order valence-corrected chi connectivity index (χ0v) is 23.7. The molecule has 2 aliphatic rings. The highest BCUT2D eigenvalue weighted by Crippen LogP contribution is 2.40. The molecule has 1 aromatic heterocycles. The maximum atomic E-state index is 13.0. The van der Waals surface area contributed by atoms with Crippen LogP contribution in [0.3, 0.4) is 0 Å². The number of carbonyl (C=O) groups excluding carboxylic acids is 3. The van der Waals surface area contributed by atoms with Crippen molar-refractivity contribution < 1.29 is 28.9 Å². The van der Waals surface area contributed by atoms with Gasteiger partial charge in [-0.15, -0.1) is 23.5 Å². The number of β-lactam (4-membered cyclic amide) rings is 1. The lowest BCUT2D eigenvalue weighted by atomic mass is 10.0. The number of thioether (sulfide) groups is 2. The number of hydrogen-bond acceptors (Lipinski definition) is 7. The van der Waals surface area contributed by atoms with Crippen LogP contribution in [-0.2, 0) is 20.9 Å². The molecule has 2 aromatic rings. The number of fused-ring (bicyclic) bond motifs is 1. The fourth-order valence-corrected chi connectivity index (χ4v) is 6.77. The van der Waals surface area contributed by atoms with Crippen LogP contribution < -0.4 is 20.9 Å². The van der Waals surface area contributed by atoms with Gasteiger partial charge in [0.2, 0.25) is 5.91 Å². The van der Waals surface area contributed by atoms with E-state index < -0.39 is 23.3 Å². The molecule has 1 fully saturated rings. The first-order valence-electron chi connectivity index (χ1n) is 11.9. The summed E-state index contributed by atoms with van der Waals surface area (Å²) in [6, 6.07) is 7.48. The van der Waals surface area contributed by atoms with Crippen LogP contribution in [0.2, 0.25) is 10.0 Å². The van der Waals surface area contributed by atoms with Crippen LogP contribution in [0.25, 0.3) is 0 Å². The molecule has 2 aliphatic heterocycles. The first-order valence-corrected chi connectivity index (χ1v) is 14.7. The highest BCUT2D eigenvalue weighted by molar-refractivity contribution is 8.00. The predicted octanol–water partition coefficient (Wildman–Crippen LogP) is 1.89. The first kappa shape index (κ1) is 29.2. The molecular formula is C25H26Cl2N5O5S2+. The number of carbonyl (C=O) groups is 4. The highest BCUT2D eigenvalue weighted by atomic mass is 35.5. The van der Waals surface area contributed by atoms with Crippen LogP contribution in [0.4, 0.5) is 0 Å². The van der Waals surface area contributed by atoms with Gasteiger partial charge in [-0.2, -0.15) is 0 Å². The Morgan fingerprint density at radius 2 is 2.05 bits per heavy atom.